The van der Waals surface area contributed by atoms with Gasteiger partial charge in [0.25, 0.3) is 0 Å². The molecule has 0 aliphatic heterocycles. The summed E-state index contributed by atoms with van der Waals surface area (Å²) in [4.78, 5) is 10.5. The maximum absolute atomic E-state index is 10.7. The molecule has 0 N–H and O–H groups in total. The van der Waals surface area contributed by atoms with Crippen LogP contribution in [-0.4, -0.2) is 0 Å². The predicted octanol–water partition coefficient (Wildman–Crippen LogP) is 2.46. The quantitative estimate of drug-likeness (QED) is 0.693. The molecular weight excluding hydrogens is 275 g/mol. The van der Waals surface area contributed by atoms with Gasteiger partial charge in [0.2, 0.25) is 0 Å². The molecule has 2 aromatic rings. The van der Waals surface area contributed by atoms with E-state index in [1.807, 2.05) is 18.2 Å². The number of halogens is 1. The molecule has 56 valence electrons. The fraction of sp³-hybridized carbons (Fsp3) is 0. The maximum atomic E-state index is 10.7. The Morgan fingerprint density at radius 3 is 3.09 bits per heavy atom. The second-order valence-corrected chi connectivity index (χ2v) is 4.27. The van der Waals surface area contributed by atoms with Crippen LogP contribution in [0.1, 0.15) is 0 Å². The highest BCUT2D eigenvalue weighted by atomic mass is 127. The van der Waals surface area contributed by atoms with Crippen molar-refractivity contribution in [2.24, 2.45) is 0 Å². The Labute approximate surface area is 80.0 Å². The van der Waals surface area contributed by atoms with Crippen LogP contribution >= 0.6 is 33.9 Å². The van der Waals surface area contributed by atoms with Crippen LogP contribution < -0.4 is 4.94 Å². The highest BCUT2D eigenvalue weighted by Crippen LogP contribution is 2.18. The second kappa shape index (κ2) is 2.60. The van der Waals surface area contributed by atoms with E-state index in [1.54, 1.807) is 0 Å². The van der Waals surface area contributed by atoms with E-state index in [0.29, 0.717) is 5.58 Å². The van der Waals surface area contributed by atoms with Gasteiger partial charge in [0, 0.05) is 3.57 Å². The Balaban J connectivity index is 2.92. The molecule has 0 aliphatic carbocycles. The van der Waals surface area contributed by atoms with Crippen molar-refractivity contribution in [3.05, 3.63) is 31.5 Å². The fourth-order valence-corrected chi connectivity index (χ4v) is 2.26. The van der Waals surface area contributed by atoms with Gasteiger partial charge < -0.3 is 4.42 Å². The lowest BCUT2D eigenvalue weighted by molar-refractivity contribution is 0.585. The van der Waals surface area contributed by atoms with E-state index in [4.69, 9.17) is 4.42 Å². The Morgan fingerprint density at radius 1 is 1.45 bits per heavy atom. The number of rotatable bonds is 0. The van der Waals surface area contributed by atoms with E-state index >= 15 is 0 Å². The van der Waals surface area contributed by atoms with Crippen molar-refractivity contribution >= 4 is 44.2 Å². The van der Waals surface area contributed by atoms with Gasteiger partial charge in [0.1, 0.15) is 5.58 Å². The first-order chi connectivity index (χ1) is 5.25. The standard InChI is InChI=1S/C7H3IO2S/c8-4-1-2-5-6(3-4)11-7(9)10-5/h1-3H. The molecule has 11 heavy (non-hydrogen) atoms. The van der Waals surface area contributed by atoms with Gasteiger partial charge in [-0.25, -0.2) is 4.79 Å². The highest BCUT2D eigenvalue weighted by molar-refractivity contribution is 14.1. The topological polar surface area (TPSA) is 30.2 Å². The van der Waals surface area contributed by atoms with Gasteiger partial charge in [-0.3, -0.25) is 0 Å². The van der Waals surface area contributed by atoms with Crippen molar-refractivity contribution in [3.63, 3.8) is 0 Å². The van der Waals surface area contributed by atoms with E-state index in [9.17, 15) is 4.79 Å². The van der Waals surface area contributed by atoms with Crippen molar-refractivity contribution < 1.29 is 4.42 Å². The van der Waals surface area contributed by atoms with Crippen LogP contribution in [0.4, 0.5) is 0 Å². The summed E-state index contributed by atoms with van der Waals surface area (Å²) in [7, 11) is 0. The number of fused-ring (bicyclic) bond motifs is 1. The molecule has 1 aromatic heterocycles. The van der Waals surface area contributed by atoms with Gasteiger partial charge in [-0.1, -0.05) is 11.3 Å². The highest BCUT2D eigenvalue weighted by Gasteiger charge is 2.00. The molecule has 0 aliphatic rings. The van der Waals surface area contributed by atoms with Crippen LogP contribution in [0.5, 0.6) is 0 Å². The lowest BCUT2D eigenvalue weighted by Crippen LogP contribution is -1.79. The van der Waals surface area contributed by atoms with Crippen molar-refractivity contribution in [2.75, 3.05) is 0 Å². The molecule has 0 spiro atoms. The summed E-state index contributed by atoms with van der Waals surface area (Å²) >= 11 is 3.34. The Morgan fingerprint density at radius 2 is 2.27 bits per heavy atom. The van der Waals surface area contributed by atoms with E-state index in [0.717, 1.165) is 19.6 Å². The summed E-state index contributed by atoms with van der Waals surface area (Å²) in [5.74, 6) is 0. The van der Waals surface area contributed by atoms with Gasteiger partial charge in [-0.05, 0) is 40.8 Å². The van der Waals surface area contributed by atoms with E-state index in [1.165, 1.54) is 0 Å². The van der Waals surface area contributed by atoms with Crippen molar-refractivity contribution in [1.82, 2.24) is 0 Å². The van der Waals surface area contributed by atoms with Gasteiger partial charge >= 0.3 is 4.94 Å². The summed E-state index contributed by atoms with van der Waals surface area (Å²) in [6.07, 6.45) is 0. The summed E-state index contributed by atoms with van der Waals surface area (Å²) in [6.45, 7) is 0. The first-order valence-corrected chi connectivity index (χ1v) is 4.84. The van der Waals surface area contributed by atoms with Crippen LogP contribution in [-0.2, 0) is 0 Å². The van der Waals surface area contributed by atoms with E-state index in [-0.39, 0.29) is 4.94 Å². The Bertz CT molecular complexity index is 443. The Hall–Kier alpha value is -0.360. The first-order valence-electron chi connectivity index (χ1n) is 2.95. The van der Waals surface area contributed by atoms with Gasteiger partial charge in [-0.15, -0.1) is 0 Å². The van der Waals surface area contributed by atoms with Crippen LogP contribution in [0, 0.1) is 3.57 Å². The van der Waals surface area contributed by atoms with Crippen LogP contribution in [0.15, 0.2) is 27.4 Å². The molecule has 0 saturated carbocycles. The van der Waals surface area contributed by atoms with Crippen LogP contribution in [0.3, 0.4) is 0 Å². The average molecular weight is 278 g/mol. The molecule has 0 fully saturated rings. The lowest BCUT2D eigenvalue weighted by Gasteiger charge is -1.86. The molecule has 1 heterocycles. The van der Waals surface area contributed by atoms with E-state index in [2.05, 4.69) is 22.6 Å². The molecule has 0 amide bonds. The normalized spacial score (nSPS) is 10.6. The van der Waals surface area contributed by atoms with Crippen molar-refractivity contribution in [2.45, 2.75) is 0 Å². The molecule has 4 heteroatoms. The first kappa shape index (κ1) is 7.30. The molecule has 0 radical (unpaired) electrons. The summed E-state index contributed by atoms with van der Waals surface area (Å²) in [6, 6.07) is 5.67. The van der Waals surface area contributed by atoms with Gasteiger partial charge in [-0.2, -0.15) is 0 Å². The zero-order valence-electron chi connectivity index (χ0n) is 5.33. The molecular formula is C7H3IO2S. The number of hydrogen-bond acceptors (Lipinski definition) is 3. The Kier molecular flexibility index (Phi) is 1.72. The molecule has 0 atom stereocenters. The van der Waals surface area contributed by atoms with Gasteiger partial charge in [0.05, 0.1) is 4.70 Å². The SMILES string of the molecule is O=c1oc2ccc(I)cc2s1. The second-order valence-electron chi connectivity index (χ2n) is 2.05. The minimum absolute atomic E-state index is 0.234. The lowest BCUT2D eigenvalue weighted by atomic mass is 10.4. The third-order valence-corrected chi connectivity index (χ3v) is 2.75. The molecule has 1 aromatic carbocycles. The zero-order valence-corrected chi connectivity index (χ0v) is 8.31. The smallest absolute Gasteiger partial charge is 0.396 e. The van der Waals surface area contributed by atoms with Crippen molar-refractivity contribution in [3.8, 4) is 0 Å². The third kappa shape index (κ3) is 1.32. The number of hydrogen-bond donors (Lipinski definition) is 0. The molecule has 0 bridgehead atoms. The van der Waals surface area contributed by atoms with Gasteiger partial charge in [0.15, 0.2) is 0 Å². The average Bonchev–Trinajstić information content (AvgIpc) is 2.27. The van der Waals surface area contributed by atoms with Crippen LogP contribution in [0.2, 0.25) is 0 Å². The monoisotopic (exact) mass is 278 g/mol. The summed E-state index contributed by atoms with van der Waals surface area (Å²) in [5.41, 5.74) is 0.681. The largest absolute Gasteiger partial charge is 0.414 e. The summed E-state index contributed by atoms with van der Waals surface area (Å²) in [5, 5.41) is 0. The molecule has 2 rings (SSSR count). The molecule has 2 nitrogen and oxygen atoms in total. The number of benzene rings is 1. The molecule has 0 saturated heterocycles. The minimum atomic E-state index is -0.234. The van der Waals surface area contributed by atoms with Crippen LogP contribution in [0.25, 0.3) is 10.3 Å². The predicted molar refractivity (Wildman–Crippen MR) is 53.1 cm³/mol. The fourth-order valence-electron chi connectivity index (χ4n) is 0.846. The maximum Gasteiger partial charge on any atom is 0.396 e. The summed E-state index contributed by atoms with van der Waals surface area (Å²) < 4.78 is 6.92. The van der Waals surface area contributed by atoms with E-state index < -0.39 is 0 Å². The third-order valence-electron chi connectivity index (χ3n) is 1.29. The zero-order chi connectivity index (χ0) is 7.84. The minimum Gasteiger partial charge on any atom is -0.414 e. The molecule has 0 unspecified atom stereocenters. The van der Waals surface area contributed by atoms with Crippen molar-refractivity contribution in [1.29, 1.82) is 0 Å².